The lowest BCUT2D eigenvalue weighted by atomic mass is 10.0. The minimum atomic E-state index is -1.08. The number of fused-ring (bicyclic) bond motifs is 1. The van der Waals surface area contributed by atoms with Crippen LogP contribution in [0, 0.1) is 0 Å². The molecule has 1 aromatic heterocycles. The van der Waals surface area contributed by atoms with Crippen LogP contribution in [0.3, 0.4) is 0 Å². The van der Waals surface area contributed by atoms with Crippen molar-refractivity contribution >= 4 is 52.3 Å². The van der Waals surface area contributed by atoms with Crippen molar-refractivity contribution in [1.82, 2.24) is 4.98 Å². The molecule has 1 aromatic carbocycles. The molecule has 8 heteroatoms. The summed E-state index contributed by atoms with van der Waals surface area (Å²) in [6.07, 6.45) is 2.26. The lowest BCUT2D eigenvalue weighted by molar-refractivity contribution is -0.144. The fraction of sp³-hybridized carbons (Fsp3) is 0.143. The maximum absolute atomic E-state index is 11.0. The fourth-order valence-electron chi connectivity index (χ4n) is 2.15. The summed E-state index contributed by atoms with van der Waals surface area (Å²) in [4.78, 5) is 15.1. The lowest BCUT2D eigenvalue weighted by Crippen LogP contribution is -2.24. The van der Waals surface area contributed by atoms with Gasteiger partial charge in [-0.25, -0.2) is 9.78 Å². The third-order valence-electron chi connectivity index (χ3n) is 3.17. The predicted molar refractivity (Wildman–Crippen MR) is 84.8 cm³/mol. The number of hydrogen-bond acceptors (Lipinski definition) is 5. The van der Waals surface area contributed by atoms with E-state index in [0.29, 0.717) is 16.1 Å². The number of carboxylic acids is 1. The standard InChI is InChI=1S/C14H9Cl2NO4S/c15-11-7(8(18)5-10-17-1-2-22-10)3-6-4-9(14(19)20)21-13(6)12(11)16/h1-3,5,9,18H,4H2,(H,19,20). The first kappa shape index (κ1) is 15.1. The van der Waals surface area contributed by atoms with Gasteiger partial charge in [0.05, 0.1) is 5.02 Å². The van der Waals surface area contributed by atoms with Gasteiger partial charge in [0.1, 0.15) is 21.5 Å². The highest BCUT2D eigenvalue weighted by molar-refractivity contribution is 7.10. The van der Waals surface area contributed by atoms with Gasteiger partial charge in [-0.1, -0.05) is 23.2 Å². The summed E-state index contributed by atoms with van der Waals surface area (Å²) < 4.78 is 5.29. The Balaban J connectivity index is 2.03. The molecule has 0 saturated heterocycles. The number of rotatable bonds is 3. The van der Waals surface area contributed by atoms with E-state index in [1.54, 1.807) is 17.6 Å². The molecule has 0 fully saturated rings. The quantitative estimate of drug-likeness (QED) is 0.814. The van der Waals surface area contributed by atoms with E-state index in [1.165, 1.54) is 17.4 Å². The molecule has 0 amide bonds. The molecule has 2 heterocycles. The van der Waals surface area contributed by atoms with E-state index in [0.717, 1.165) is 0 Å². The summed E-state index contributed by atoms with van der Waals surface area (Å²) in [5.41, 5.74) is 0.908. The number of thiazole rings is 1. The topological polar surface area (TPSA) is 79.7 Å². The largest absolute Gasteiger partial charge is 0.507 e. The van der Waals surface area contributed by atoms with Crippen LogP contribution < -0.4 is 4.74 Å². The molecule has 0 aliphatic carbocycles. The number of carboxylic acid groups (broad SMARTS) is 1. The second kappa shape index (κ2) is 5.79. The van der Waals surface area contributed by atoms with E-state index in [1.807, 2.05) is 0 Å². The molecule has 1 aliphatic rings. The van der Waals surface area contributed by atoms with Crippen molar-refractivity contribution in [3.05, 3.63) is 43.8 Å². The van der Waals surface area contributed by atoms with Crippen molar-refractivity contribution in [2.75, 3.05) is 0 Å². The smallest absolute Gasteiger partial charge is 0.345 e. The summed E-state index contributed by atoms with van der Waals surface area (Å²) in [6, 6.07) is 1.59. The van der Waals surface area contributed by atoms with E-state index >= 15 is 0 Å². The number of aromatic nitrogens is 1. The van der Waals surface area contributed by atoms with Crippen LogP contribution in [0.25, 0.3) is 11.8 Å². The van der Waals surface area contributed by atoms with Crippen molar-refractivity contribution in [1.29, 1.82) is 0 Å². The molecular formula is C14H9Cl2NO4S. The minimum Gasteiger partial charge on any atom is -0.507 e. The van der Waals surface area contributed by atoms with Crippen LogP contribution in [-0.4, -0.2) is 27.3 Å². The monoisotopic (exact) mass is 357 g/mol. The Labute approximate surface area is 139 Å². The van der Waals surface area contributed by atoms with Gasteiger partial charge in [-0.05, 0) is 6.07 Å². The number of halogens is 2. The molecule has 2 N–H and O–H groups in total. The Kier molecular flexibility index (Phi) is 3.99. The van der Waals surface area contributed by atoms with Crippen molar-refractivity contribution in [3.63, 3.8) is 0 Å². The van der Waals surface area contributed by atoms with Crippen LogP contribution in [0.1, 0.15) is 16.1 Å². The Morgan fingerprint density at radius 2 is 2.18 bits per heavy atom. The van der Waals surface area contributed by atoms with Gasteiger partial charge >= 0.3 is 5.97 Å². The first-order valence-corrected chi connectivity index (χ1v) is 7.81. The molecular weight excluding hydrogens is 349 g/mol. The van der Waals surface area contributed by atoms with E-state index in [-0.39, 0.29) is 28.0 Å². The Hall–Kier alpha value is -1.76. The third kappa shape index (κ3) is 2.65. The summed E-state index contributed by atoms with van der Waals surface area (Å²) in [6.45, 7) is 0. The van der Waals surface area contributed by atoms with Gasteiger partial charge in [0.25, 0.3) is 0 Å². The van der Waals surface area contributed by atoms with E-state index in [2.05, 4.69) is 4.98 Å². The number of aliphatic hydroxyl groups is 1. The maximum Gasteiger partial charge on any atom is 0.345 e. The summed E-state index contributed by atoms with van der Waals surface area (Å²) in [5.74, 6) is -0.916. The number of ether oxygens (including phenoxy) is 1. The van der Waals surface area contributed by atoms with Gasteiger partial charge in [-0.15, -0.1) is 11.3 Å². The van der Waals surface area contributed by atoms with Crippen molar-refractivity contribution in [2.24, 2.45) is 0 Å². The molecule has 1 aliphatic heterocycles. The lowest BCUT2D eigenvalue weighted by Gasteiger charge is -2.10. The van der Waals surface area contributed by atoms with E-state index in [4.69, 9.17) is 33.0 Å². The van der Waals surface area contributed by atoms with Gasteiger partial charge in [0.15, 0.2) is 6.10 Å². The highest BCUT2D eigenvalue weighted by Gasteiger charge is 2.32. The number of aliphatic hydroxyl groups excluding tert-OH is 1. The highest BCUT2D eigenvalue weighted by Crippen LogP contribution is 2.44. The molecule has 0 spiro atoms. The first-order chi connectivity index (χ1) is 10.5. The molecule has 22 heavy (non-hydrogen) atoms. The normalized spacial score (nSPS) is 17.2. The Morgan fingerprint density at radius 1 is 1.41 bits per heavy atom. The van der Waals surface area contributed by atoms with Gasteiger partial charge in [-0.3, -0.25) is 0 Å². The van der Waals surface area contributed by atoms with Crippen molar-refractivity contribution in [3.8, 4) is 5.75 Å². The van der Waals surface area contributed by atoms with Crippen molar-refractivity contribution in [2.45, 2.75) is 12.5 Å². The third-order valence-corrected chi connectivity index (χ3v) is 4.74. The molecule has 114 valence electrons. The zero-order chi connectivity index (χ0) is 15.9. The maximum atomic E-state index is 11.0. The SMILES string of the molecule is O=C(O)C1Cc2cc(C(O)=Cc3nccs3)c(Cl)c(Cl)c2O1. The Morgan fingerprint density at radius 3 is 2.82 bits per heavy atom. The number of aliphatic carboxylic acids is 1. The molecule has 0 saturated carbocycles. The number of carbonyl (C=O) groups is 1. The zero-order valence-electron chi connectivity index (χ0n) is 10.9. The van der Waals surface area contributed by atoms with Crippen LogP contribution >= 0.6 is 34.5 Å². The predicted octanol–water partition coefficient (Wildman–Crippen LogP) is 3.89. The fourth-order valence-corrected chi connectivity index (χ4v) is 3.22. The first-order valence-electron chi connectivity index (χ1n) is 6.18. The van der Waals surface area contributed by atoms with E-state index < -0.39 is 12.1 Å². The highest BCUT2D eigenvalue weighted by atomic mass is 35.5. The molecule has 2 aromatic rings. The molecule has 0 radical (unpaired) electrons. The van der Waals surface area contributed by atoms with Gasteiger partial charge in [0, 0.05) is 35.2 Å². The second-order valence-electron chi connectivity index (χ2n) is 4.59. The second-order valence-corrected chi connectivity index (χ2v) is 6.27. The number of hydrogen-bond donors (Lipinski definition) is 2. The average molecular weight is 358 g/mol. The van der Waals surface area contributed by atoms with Gasteiger partial charge in [-0.2, -0.15) is 0 Å². The Bertz CT molecular complexity index is 774. The van der Waals surface area contributed by atoms with Crippen molar-refractivity contribution < 1.29 is 19.7 Å². The summed E-state index contributed by atoms with van der Waals surface area (Å²) in [7, 11) is 0. The molecule has 3 rings (SSSR count). The average Bonchev–Trinajstić information content (AvgIpc) is 3.11. The van der Waals surface area contributed by atoms with Crippen LogP contribution in [0.2, 0.25) is 10.0 Å². The summed E-state index contributed by atoms with van der Waals surface area (Å²) >= 11 is 13.7. The summed E-state index contributed by atoms with van der Waals surface area (Å²) in [5, 5.41) is 21.9. The molecule has 1 unspecified atom stereocenters. The number of benzene rings is 1. The van der Waals surface area contributed by atoms with Gasteiger partial charge in [0.2, 0.25) is 0 Å². The molecule has 0 bridgehead atoms. The molecule has 1 atom stereocenters. The zero-order valence-corrected chi connectivity index (χ0v) is 13.2. The van der Waals surface area contributed by atoms with E-state index in [9.17, 15) is 9.90 Å². The number of nitrogens with zero attached hydrogens (tertiary/aromatic N) is 1. The van der Waals surface area contributed by atoms with Gasteiger partial charge < -0.3 is 14.9 Å². The van der Waals surface area contributed by atoms with Crippen LogP contribution in [-0.2, 0) is 11.2 Å². The molecule has 5 nitrogen and oxygen atoms in total. The van der Waals surface area contributed by atoms with Crippen LogP contribution in [0.4, 0.5) is 0 Å². The minimum absolute atomic E-state index is 0.0941. The van der Waals surface area contributed by atoms with Crippen LogP contribution in [0.15, 0.2) is 17.6 Å². The van der Waals surface area contributed by atoms with Crippen LogP contribution in [0.5, 0.6) is 5.75 Å².